The van der Waals surface area contributed by atoms with Crippen LogP contribution in [0, 0.1) is 13.8 Å². The summed E-state index contributed by atoms with van der Waals surface area (Å²) in [5, 5.41) is 0. The molecule has 4 aromatic rings. The fourth-order valence-electron chi connectivity index (χ4n) is 3.33. The van der Waals surface area contributed by atoms with Gasteiger partial charge in [0, 0.05) is 30.4 Å². The summed E-state index contributed by atoms with van der Waals surface area (Å²) in [5.74, 6) is 0.962. The van der Waals surface area contributed by atoms with Crippen molar-refractivity contribution < 1.29 is 0 Å². The highest BCUT2D eigenvalue weighted by Crippen LogP contribution is 2.30. The van der Waals surface area contributed by atoms with Gasteiger partial charge in [-0.05, 0) is 60.4 Å². The molecule has 2 aromatic heterocycles. The van der Waals surface area contributed by atoms with Crippen LogP contribution >= 0.6 is 0 Å². The van der Waals surface area contributed by atoms with E-state index >= 15 is 0 Å². The van der Waals surface area contributed by atoms with Crippen LogP contribution in [-0.4, -0.2) is 14.5 Å². The third-order valence-electron chi connectivity index (χ3n) is 4.42. The first-order valence-electron chi connectivity index (χ1n) is 8.35. The second-order valence-corrected chi connectivity index (χ2v) is 6.18. The summed E-state index contributed by atoms with van der Waals surface area (Å²) < 4.78 is 2.18. The van der Waals surface area contributed by atoms with E-state index in [1.165, 1.54) is 27.9 Å². The van der Waals surface area contributed by atoms with Crippen molar-refractivity contribution >= 4 is 0 Å². The van der Waals surface area contributed by atoms with Gasteiger partial charge in [-0.15, -0.1) is 0 Å². The molecule has 0 amide bonds. The topological polar surface area (TPSA) is 30.7 Å². The minimum atomic E-state index is 0.962. The Balaban J connectivity index is 1.85. The number of imidazole rings is 1. The molecule has 0 aliphatic carbocycles. The van der Waals surface area contributed by atoms with Crippen LogP contribution in [0.5, 0.6) is 0 Å². The summed E-state index contributed by atoms with van der Waals surface area (Å²) in [7, 11) is 0. The van der Waals surface area contributed by atoms with Gasteiger partial charge in [0.15, 0.2) is 0 Å². The van der Waals surface area contributed by atoms with E-state index in [0.29, 0.717) is 0 Å². The molecule has 0 spiro atoms. The Morgan fingerprint density at radius 3 is 2.08 bits per heavy atom. The van der Waals surface area contributed by atoms with Crippen molar-refractivity contribution in [1.82, 2.24) is 14.5 Å². The maximum Gasteiger partial charge on any atom is 0.144 e. The van der Waals surface area contributed by atoms with E-state index < -0.39 is 0 Å². The molecule has 2 heterocycles. The lowest BCUT2D eigenvalue weighted by Crippen LogP contribution is -2.02. The molecule has 0 N–H and O–H groups in total. The number of aryl methyl sites for hydroxylation is 2. The summed E-state index contributed by atoms with van der Waals surface area (Å²) in [6.45, 7) is 4.31. The molecule has 2 aromatic carbocycles. The summed E-state index contributed by atoms with van der Waals surface area (Å²) in [6.07, 6.45) is 7.55. The van der Waals surface area contributed by atoms with Gasteiger partial charge in [-0.25, -0.2) is 4.98 Å². The normalized spacial score (nSPS) is 10.8. The first-order valence-corrected chi connectivity index (χ1v) is 8.35. The van der Waals surface area contributed by atoms with Crippen LogP contribution in [0.1, 0.15) is 11.1 Å². The molecular formula is C22H19N3. The molecule has 0 aliphatic heterocycles. The van der Waals surface area contributed by atoms with Crippen molar-refractivity contribution in [3.8, 4) is 28.2 Å². The van der Waals surface area contributed by atoms with Gasteiger partial charge in [-0.3, -0.25) is 9.55 Å². The van der Waals surface area contributed by atoms with Crippen molar-refractivity contribution in [1.29, 1.82) is 0 Å². The Bertz CT molecular complexity index is 979. The lowest BCUT2D eigenvalue weighted by atomic mass is 9.99. The fraction of sp³-hybridized carbons (Fsp3) is 0.0909. The van der Waals surface area contributed by atoms with E-state index in [2.05, 4.69) is 52.6 Å². The lowest BCUT2D eigenvalue weighted by molar-refractivity contribution is 1.03. The van der Waals surface area contributed by atoms with Crippen LogP contribution in [0.4, 0.5) is 0 Å². The summed E-state index contributed by atoms with van der Waals surface area (Å²) in [5.41, 5.74) is 7.15. The molecule has 3 nitrogen and oxygen atoms in total. The first kappa shape index (κ1) is 15.3. The van der Waals surface area contributed by atoms with E-state index in [-0.39, 0.29) is 0 Å². The predicted molar refractivity (Wildman–Crippen MR) is 102 cm³/mol. The highest BCUT2D eigenvalue weighted by molar-refractivity contribution is 5.69. The maximum atomic E-state index is 4.58. The van der Waals surface area contributed by atoms with E-state index in [4.69, 9.17) is 0 Å². The largest absolute Gasteiger partial charge is 0.299 e. The number of nitrogens with zero attached hydrogens (tertiary/aromatic N) is 3. The Morgan fingerprint density at radius 1 is 0.720 bits per heavy atom. The number of rotatable bonds is 3. The second-order valence-electron chi connectivity index (χ2n) is 6.18. The molecule has 122 valence electrons. The SMILES string of the molecule is Cc1cc(-c2ccncc2)cc(C)c1-n1ccnc1-c1ccccc1. The average Bonchev–Trinajstić information content (AvgIpc) is 3.12. The highest BCUT2D eigenvalue weighted by atomic mass is 15.1. The number of benzene rings is 2. The molecule has 0 radical (unpaired) electrons. The van der Waals surface area contributed by atoms with Gasteiger partial charge in [-0.2, -0.15) is 0 Å². The van der Waals surface area contributed by atoms with Crippen molar-refractivity contribution in [3.63, 3.8) is 0 Å². The molecule has 25 heavy (non-hydrogen) atoms. The van der Waals surface area contributed by atoms with Crippen LogP contribution < -0.4 is 0 Å². The van der Waals surface area contributed by atoms with Crippen molar-refractivity contribution in [2.24, 2.45) is 0 Å². The van der Waals surface area contributed by atoms with Gasteiger partial charge in [0.1, 0.15) is 5.82 Å². The molecule has 0 aliphatic rings. The minimum Gasteiger partial charge on any atom is -0.299 e. The molecule has 0 saturated heterocycles. The fourth-order valence-corrected chi connectivity index (χ4v) is 3.33. The van der Waals surface area contributed by atoms with Crippen LogP contribution in [0.15, 0.2) is 79.4 Å². The Kier molecular flexibility index (Phi) is 3.90. The third-order valence-corrected chi connectivity index (χ3v) is 4.42. The molecule has 0 fully saturated rings. The Hall–Kier alpha value is -3.20. The van der Waals surface area contributed by atoms with E-state index in [9.17, 15) is 0 Å². The van der Waals surface area contributed by atoms with Gasteiger partial charge in [-0.1, -0.05) is 30.3 Å². The van der Waals surface area contributed by atoms with E-state index in [1.807, 2.05) is 55.1 Å². The average molecular weight is 325 g/mol. The molecule has 0 saturated carbocycles. The van der Waals surface area contributed by atoms with Crippen molar-refractivity contribution in [3.05, 3.63) is 90.5 Å². The van der Waals surface area contributed by atoms with Gasteiger partial charge < -0.3 is 0 Å². The number of pyridine rings is 1. The molecule has 0 atom stereocenters. The number of hydrogen-bond donors (Lipinski definition) is 0. The van der Waals surface area contributed by atoms with Gasteiger partial charge in [0.2, 0.25) is 0 Å². The predicted octanol–water partition coefficient (Wildman–Crippen LogP) is 5.22. The summed E-state index contributed by atoms with van der Waals surface area (Å²) in [4.78, 5) is 8.69. The van der Waals surface area contributed by atoms with Crippen LogP contribution in [-0.2, 0) is 0 Å². The third kappa shape index (κ3) is 2.85. The Morgan fingerprint density at radius 2 is 1.40 bits per heavy atom. The van der Waals surface area contributed by atoms with Crippen molar-refractivity contribution in [2.45, 2.75) is 13.8 Å². The van der Waals surface area contributed by atoms with Gasteiger partial charge in [0.25, 0.3) is 0 Å². The monoisotopic (exact) mass is 325 g/mol. The highest BCUT2D eigenvalue weighted by Gasteiger charge is 2.13. The first-order chi connectivity index (χ1) is 12.2. The number of aromatic nitrogens is 3. The quantitative estimate of drug-likeness (QED) is 0.517. The van der Waals surface area contributed by atoms with E-state index in [0.717, 1.165) is 11.4 Å². The van der Waals surface area contributed by atoms with Crippen molar-refractivity contribution in [2.75, 3.05) is 0 Å². The maximum absolute atomic E-state index is 4.58. The van der Waals surface area contributed by atoms with Gasteiger partial charge in [0.05, 0.1) is 5.69 Å². The van der Waals surface area contributed by atoms with Crippen LogP contribution in [0.2, 0.25) is 0 Å². The zero-order valence-electron chi connectivity index (χ0n) is 14.3. The zero-order valence-corrected chi connectivity index (χ0v) is 14.3. The minimum absolute atomic E-state index is 0.962. The Labute approximate surface area is 147 Å². The van der Waals surface area contributed by atoms with Crippen LogP contribution in [0.25, 0.3) is 28.2 Å². The number of hydrogen-bond acceptors (Lipinski definition) is 2. The molecule has 4 rings (SSSR count). The van der Waals surface area contributed by atoms with Crippen LogP contribution in [0.3, 0.4) is 0 Å². The summed E-state index contributed by atoms with van der Waals surface area (Å²) >= 11 is 0. The lowest BCUT2D eigenvalue weighted by Gasteiger charge is -2.16. The molecular weight excluding hydrogens is 306 g/mol. The smallest absolute Gasteiger partial charge is 0.144 e. The molecule has 0 bridgehead atoms. The summed E-state index contributed by atoms with van der Waals surface area (Å²) in [6, 6.07) is 18.8. The second kappa shape index (κ2) is 6.36. The van der Waals surface area contributed by atoms with E-state index in [1.54, 1.807) is 0 Å². The standard InChI is InChI=1S/C22H19N3/c1-16-14-20(18-8-10-23-11-9-18)15-17(2)21(16)25-13-12-24-22(25)19-6-4-3-5-7-19/h3-15H,1-2H3. The van der Waals surface area contributed by atoms with Gasteiger partial charge >= 0.3 is 0 Å². The zero-order chi connectivity index (χ0) is 17.2. The molecule has 0 unspecified atom stereocenters. The molecule has 3 heteroatoms.